The van der Waals surface area contributed by atoms with Gasteiger partial charge in [-0.1, -0.05) is 53.5 Å². The van der Waals surface area contributed by atoms with Gasteiger partial charge in [-0.25, -0.2) is 0 Å². The van der Waals surface area contributed by atoms with Crippen LogP contribution >= 0.6 is 57.9 Å². The lowest BCUT2D eigenvalue weighted by Gasteiger charge is -2.06. The minimum Gasteiger partial charge on any atom is -0.0901 e. The highest BCUT2D eigenvalue weighted by atomic mass is 127. The van der Waals surface area contributed by atoms with Gasteiger partial charge < -0.3 is 0 Å². The molecule has 0 spiro atoms. The minimum atomic E-state index is 1.26. The van der Waals surface area contributed by atoms with Gasteiger partial charge in [0.15, 0.2) is 0 Å². The van der Waals surface area contributed by atoms with Gasteiger partial charge in [-0.15, -0.1) is 0 Å². The first-order valence-electron chi connectivity index (χ1n) is 8.79. The van der Waals surface area contributed by atoms with Crippen LogP contribution < -0.4 is 0 Å². The molecule has 0 unspecified atom stereocenters. The Morgan fingerprint density at radius 1 is 0.357 bits per heavy atom. The van der Waals surface area contributed by atoms with E-state index in [1.807, 2.05) is 6.07 Å². The van der Waals surface area contributed by atoms with Gasteiger partial charge in [-0.05, 0) is 108 Å². The number of benzene rings is 4. The van der Waals surface area contributed by atoms with Crippen molar-refractivity contribution < 1.29 is 0 Å². The van der Waals surface area contributed by atoms with E-state index >= 15 is 0 Å². The first-order valence-corrected chi connectivity index (χ1v) is 12.3. The van der Waals surface area contributed by atoms with Crippen molar-refractivity contribution in [3.05, 3.63) is 107 Å². The van der Waals surface area contributed by atoms with Gasteiger partial charge in [0.05, 0.1) is 0 Å². The van der Waals surface area contributed by atoms with E-state index in [4.69, 9.17) is 0 Å². The molecule has 0 fully saturated rings. The Morgan fingerprint density at radius 3 is 1.00 bits per heavy atom. The fourth-order valence-electron chi connectivity index (χ4n) is 2.55. The predicted molar refractivity (Wildman–Crippen MR) is 131 cm³/mol. The SMILES string of the molecule is Ic1ccc(Sc2ccc(Sc3ccc(Sc4ccccc4)cc3)cc2)cc1. The second-order valence-corrected chi connectivity index (χ2v) is 10.7. The molecular formula is C24H17IS3. The number of hydrogen-bond acceptors (Lipinski definition) is 3. The van der Waals surface area contributed by atoms with Crippen LogP contribution in [0.1, 0.15) is 0 Å². The second kappa shape index (κ2) is 9.92. The van der Waals surface area contributed by atoms with Gasteiger partial charge in [-0.2, -0.15) is 0 Å². The smallest absolute Gasteiger partial charge is 0.0131 e. The van der Waals surface area contributed by atoms with Crippen molar-refractivity contribution >= 4 is 57.9 Å². The maximum Gasteiger partial charge on any atom is 0.0131 e. The van der Waals surface area contributed by atoms with E-state index < -0.39 is 0 Å². The maximum absolute atomic E-state index is 2.34. The van der Waals surface area contributed by atoms with E-state index in [2.05, 4.69) is 120 Å². The molecule has 0 heterocycles. The summed E-state index contributed by atoms with van der Waals surface area (Å²) >= 11 is 7.73. The van der Waals surface area contributed by atoms with Gasteiger partial charge in [0.1, 0.15) is 0 Å². The molecule has 0 atom stereocenters. The Bertz CT molecular complexity index is 1010. The normalized spacial score (nSPS) is 10.8. The molecule has 28 heavy (non-hydrogen) atoms. The van der Waals surface area contributed by atoms with Crippen LogP contribution in [0.3, 0.4) is 0 Å². The fourth-order valence-corrected chi connectivity index (χ4v) is 5.38. The Balaban J connectivity index is 1.36. The molecule has 138 valence electrons. The molecule has 0 aliphatic carbocycles. The Labute approximate surface area is 192 Å². The molecule has 4 aromatic rings. The zero-order chi connectivity index (χ0) is 19.2. The van der Waals surface area contributed by atoms with Gasteiger partial charge in [-0.3, -0.25) is 0 Å². The zero-order valence-corrected chi connectivity index (χ0v) is 19.5. The molecule has 0 N–H and O–H groups in total. The molecule has 0 saturated carbocycles. The third-order valence-corrected chi connectivity index (χ3v) is 7.68. The van der Waals surface area contributed by atoms with E-state index in [0.717, 1.165) is 0 Å². The lowest BCUT2D eigenvalue weighted by atomic mass is 10.4. The molecule has 4 aromatic carbocycles. The topological polar surface area (TPSA) is 0 Å². The van der Waals surface area contributed by atoms with Gasteiger partial charge in [0, 0.05) is 32.9 Å². The van der Waals surface area contributed by atoms with Crippen molar-refractivity contribution in [2.24, 2.45) is 0 Å². The molecule has 4 heteroatoms. The Kier molecular flexibility index (Phi) is 7.07. The molecule has 0 nitrogen and oxygen atoms in total. The lowest BCUT2D eigenvalue weighted by Crippen LogP contribution is -1.78. The average Bonchev–Trinajstić information content (AvgIpc) is 2.73. The molecule has 0 radical (unpaired) electrons. The zero-order valence-electron chi connectivity index (χ0n) is 14.9. The largest absolute Gasteiger partial charge is 0.0901 e. The van der Waals surface area contributed by atoms with Crippen LogP contribution in [0.25, 0.3) is 0 Å². The van der Waals surface area contributed by atoms with Gasteiger partial charge in [0.2, 0.25) is 0 Å². The molecule has 0 aromatic heterocycles. The minimum absolute atomic E-state index is 1.26. The number of halogens is 1. The van der Waals surface area contributed by atoms with Gasteiger partial charge >= 0.3 is 0 Å². The quantitative estimate of drug-likeness (QED) is 0.230. The van der Waals surface area contributed by atoms with Crippen molar-refractivity contribution in [2.75, 3.05) is 0 Å². The van der Waals surface area contributed by atoms with Crippen LogP contribution in [-0.4, -0.2) is 0 Å². The van der Waals surface area contributed by atoms with Crippen LogP contribution in [0, 0.1) is 3.57 Å². The van der Waals surface area contributed by atoms with E-state index in [-0.39, 0.29) is 0 Å². The summed E-state index contributed by atoms with van der Waals surface area (Å²) in [7, 11) is 0. The third kappa shape index (κ3) is 5.83. The van der Waals surface area contributed by atoms with Crippen LogP contribution in [0.5, 0.6) is 0 Å². The summed E-state index contributed by atoms with van der Waals surface area (Å²) in [6.07, 6.45) is 0. The molecule has 0 aliphatic rings. The van der Waals surface area contributed by atoms with E-state index in [1.165, 1.54) is 32.9 Å². The first kappa shape index (κ1) is 20.0. The average molecular weight is 529 g/mol. The van der Waals surface area contributed by atoms with Crippen LogP contribution in [0.4, 0.5) is 0 Å². The van der Waals surface area contributed by atoms with Crippen molar-refractivity contribution in [1.29, 1.82) is 0 Å². The fraction of sp³-hybridized carbons (Fsp3) is 0. The highest BCUT2D eigenvalue weighted by Crippen LogP contribution is 2.34. The number of rotatable bonds is 6. The molecule has 4 rings (SSSR count). The van der Waals surface area contributed by atoms with Gasteiger partial charge in [0.25, 0.3) is 0 Å². The molecular weight excluding hydrogens is 511 g/mol. The highest BCUT2D eigenvalue weighted by Gasteiger charge is 2.02. The van der Waals surface area contributed by atoms with Crippen LogP contribution in [-0.2, 0) is 0 Å². The summed E-state index contributed by atoms with van der Waals surface area (Å²) in [5.74, 6) is 0. The van der Waals surface area contributed by atoms with Crippen LogP contribution in [0.2, 0.25) is 0 Å². The van der Waals surface area contributed by atoms with E-state index in [9.17, 15) is 0 Å². The van der Waals surface area contributed by atoms with Crippen molar-refractivity contribution in [2.45, 2.75) is 29.4 Å². The third-order valence-electron chi connectivity index (χ3n) is 3.91. The van der Waals surface area contributed by atoms with Crippen LogP contribution in [0.15, 0.2) is 133 Å². The Hall–Kier alpha value is -1.34. The summed E-state index contributed by atoms with van der Waals surface area (Å²) < 4.78 is 1.27. The van der Waals surface area contributed by atoms with E-state index in [0.29, 0.717) is 0 Å². The first-order chi connectivity index (χ1) is 13.7. The summed E-state index contributed by atoms with van der Waals surface area (Å²) in [5, 5.41) is 0. The van der Waals surface area contributed by atoms with Crippen molar-refractivity contribution in [3.63, 3.8) is 0 Å². The lowest BCUT2D eigenvalue weighted by molar-refractivity contribution is 1.31. The summed E-state index contributed by atoms with van der Waals surface area (Å²) in [4.78, 5) is 7.59. The number of hydrogen-bond donors (Lipinski definition) is 0. The molecule has 0 saturated heterocycles. The summed E-state index contributed by atoms with van der Waals surface area (Å²) in [5.41, 5.74) is 0. The highest BCUT2D eigenvalue weighted by molar-refractivity contribution is 14.1. The summed E-state index contributed by atoms with van der Waals surface area (Å²) in [6, 6.07) is 36.7. The monoisotopic (exact) mass is 528 g/mol. The molecule has 0 aliphatic heterocycles. The Morgan fingerprint density at radius 2 is 0.643 bits per heavy atom. The molecule has 0 amide bonds. The standard InChI is InChI=1S/C24H17IS3/c25-18-6-8-20(9-7-18)27-22-14-16-24(17-15-22)28-23-12-10-21(11-13-23)26-19-4-2-1-3-5-19/h1-17H. The van der Waals surface area contributed by atoms with E-state index in [1.54, 1.807) is 35.3 Å². The summed E-state index contributed by atoms with van der Waals surface area (Å²) in [6.45, 7) is 0. The molecule has 0 bridgehead atoms. The second-order valence-electron chi connectivity index (χ2n) is 6.02. The predicted octanol–water partition coefficient (Wildman–Crippen LogP) is 8.74. The van der Waals surface area contributed by atoms with Crippen molar-refractivity contribution in [3.8, 4) is 0 Å². The van der Waals surface area contributed by atoms with Crippen molar-refractivity contribution in [1.82, 2.24) is 0 Å². The maximum atomic E-state index is 2.34.